The van der Waals surface area contributed by atoms with E-state index in [2.05, 4.69) is 5.32 Å². The molecule has 0 saturated heterocycles. The highest BCUT2D eigenvalue weighted by molar-refractivity contribution is 6.30. The maximum atomic E-state index is 12.1. The molecule has 0 aliphatic carbocycles. The van der Waals surface area contributed by atoms with Crippen LogP contribution >= 0.6 is 11.6 Å². The van der Waals surface area contributed by atoms with Crippen LogP contribution in [-0.4, -0.2) is 23.0 Å². The van der Waals surface area contributed by atoms with Gasteiger partial charge in [-0.15, -0.1) is 0 Å². The summed E-state index contributed by atoms with van der Waals surface area (Å²) in [6.07, 6.45) is 0.406. The van der Waals surface area contributed by atoms with Crippen molar-refractivity contribution in [2.45, 2.75) is 39.2 Å². The maximum absolute atomic E-state index is 12.1. The van der Waals surface area contributed by atoms with Crippen LogP contribution in [0.3, 0.4) is 0 Å². The van der Waals surface area contributed by atoms with E-state index in [-0.39, 0.29) is 11.8 Å². The number of carbonyl (C=O) groups is 2. The Morgan fingerprint density at radius 1 is 1.30 bits per heavy atom. The average Bonchev–Trinajstić information content (AvgIpc) is 2.36. The largest absolute Gasteiger partial charge is 0.480 e. The van der Waals surface area contributed by atoms with Crippen LogP contribution in [0.15, 0.2) is 24.3 Å². The molecule has 2 atom stereocenters. The zero-order valence-corrected chi connectivity index (χ0v) is 12.6. The normalized spacial score (nSPS) is 13.8. The fraction of sp³-hybridized carbons (Fsp3) is 0.467. The first kappa shape index (κ1) is 16.5. The van der Waals surface area contributed by atoms with Crippen LogP contribution in [0, 0.1) is 5.92 Å². The Morgan fingerprint density at radius 2 is 1.95 bits per heavy atom. The van der Waals surface area contributed by atoms with Crippen molar-refractivity contribution in [2.24, 2.45) is 5.92 Å². The maximum Gasteiger partial charge on any atom is 0.326 e. The topological polar surface area (TPSA) is 66.4 Å². The predicted octanol–water partition coefficient (Wildman–Crippen LogP) is 3.06. The van der Waals surface area contributed by atoms with Gasteiger partial charge in [0, 0.05) is 5.02 Å². The summed E-state index contributed by atoms with van der Waals surface area (Å²) in [5.41, 5.74) is 0.767. The van der Waals surface area contributed by atoms with Crippen molar-refractivity contribution in [3.8, 4) is 0 Å². The highest BCUT2D eigenvalue weighted by atomic mass is 35.5. The first-order valence-corrected chi connectivity index (χ1v) is 6.97. The summed E-state index contributed by atoms with van der Waals surface area (Å²) in [6, 6.07) is 6.15. The molecule has 0 aliphatic rings. The molecule has 0 radical (unpaired) electrons. The Morgan fingerprint density at radius 3 is 2.45 bits per heavy atom. The summed E-state index contributed by atoms with van der Waals surface area (Å²) in [5.74, 6) is -1.56. The molecule has 5 heteroatoms. The molecule has 1 rings (SSSR count). The number of nitrogens with one attached hydrogen (secondary N) is 1. The third-order valence-corrected chi connectivity index (χ3v) is 3.30. The fourth-order valence-electron chi connectivity index (χ4n) is 1.92. The van der Waals surface area contributed by atoms with Crippen LogP contribution < -0.4 is 5.32 Å². The molecule has 4 nitrogen and oxygen atoms in total. The summed E-state index contributed by atoms with van der Waals surface area (Å²) >= 11 is 5.89. The first-order valence-electron chi connectivity index (χ1n) is 6.60. The molecule has 0 fully saturated rings. The molecule has 0 bridgehead atoms. The second-order valence-electron chi connectivity index (χ2n) is 5.31. The number of aliphatic carboxylic acids is 1. The van der Waals surface area contributed by atoms with Crippen molar-refractivity contribution in [3.63, 3.8) is 0 Å². The van der Waals surface area contributed by atoms with Crippen molar-refractivity contribution >= 4 is 23.5 Å². The summed E-state index contributed by atoms with van der Waals surface area (Å²) in [4.78, 5) is 23.3. The molecule has 110 valence electrons. The van der Waals surface area contributed by atoms with Crippen molar-refractivity contribution < 1.29 is 14.7 Å². The van der Waals surface area contributed by atoms with E-state index < -0.39 is 17.9 Å². The van der Waals surface area contributed by atoms with Gasteiger partial charge in [0.25, 0.3) is 0 Å². The zero-order valence-electron chi connectivity index (χ0n) is 11.9. The van der Waals surface area contributed by atoms with Gasteiger partial charge in [-0.05, 0) is 37.0 Å². The van der Waals surface area contributed by atoms with Crippen LogP contribution in [0.2, 0.25) is 5.02 Å². The summed E-state index contributed by atoms with van der Waals surface area (Å²) < 4.78 is 0. The van der Waals surface area contributed by atoms with Crippen LogP contribution in [0.4, 0.5) is 0 Å². The highest BCUT2D eigenvalue weighted by Gasteiger charge is 2.24. The van der Waals surface area contributed by atoms with Gasteiger partial charge >= 0.3 is 5.97 Å². The van der Waals surface area contributed by atoms with E-state index in [4.69, 9.17) is 16.7 Å². The molecule has 1 aromatic rings. The van der Waals surface area contributed by atoms with Crippen LogP contribution in [-0.2, 0) is 9.59 Å². The third-order valence-electron chi connectivity index (χ3n) is 3.06. The number of amides is 1. The smallest absolute Gasteiger partial charge is 0.326 e. The van der Waals surface area contributed by atoms with Crippen molar-refractivity contribution in [3.05, 3.63) is 34.9 Å². The van der Waals surface area contributed by atoms with Gasteiger partial charge < -0.3 is 10.4 Å². The summed E-state index contributed by atoms with van der Waals surface area (Å²) in [6.45, 7) is 5.57. The van der Waals surface area contributed by atoms with Gasteiger partial charge in [0.1, 0.15) is 6.04 Å². The van der Waals surface area contributed by atoms with Gasteiger partial charge in [-0.1, -0.05) is 37.6 Å². The van der Waals surface area contributed by atoms with Crippen LogP contribution in [0.5, 0.6) is 0 Å². The quantitative estimate of drug-likeness (QED) is 0.848. The van der Waals surface area contributed by atoms with E-state index in [1.807, 2.05) is 13.8 Å². The molecule has 20 heavy (non-hydrogen) atoms. The Bertz CT molecular complexity index is 488. The van der Waals surface area contributed by atoms with Crippen LogP contribution in [0.1, 0.15) is 38.7 Å². The average molecular weight is 298 g/mol. The number of carboxylic acid groups (broad SMARTS) is 1. The van der Waals surface area contributed by atoms with Gasteiger partial charge in [0.15, 0.2) is 0 Å². The van der Waals surface area contributed by atoms with E-state index in [9.17, 15) is 9.59 Å². The Balaban J connectivity index is 2.76. The Kier molecular flexibility index (Phi) is 6.02. The number of hydrogen-bond donors (Lipinski definition) is 2. The van der Waals surface area contributed by atoms with Crippen molar-refractivity contribution in [1.82, 2.24) is 5.32 Å². The van der Waals surface area contributed by atoms with Gasteiger partial charge in [0.2, 0.25) is 5.91 Å². The molecule has 2 N–H and O–H groups in total. The van der Waals surface area contributed by atoms with Gasteiger partial charge in [-0.3, -0.25) is 4.79 Å². The monoisotopic (exact) mass is 297 g/mol. The molecular formula is C15H20ClNO3. The second-order valence-corrected chi connectivity index (χ2v) is 5.74. The first-order chi connectivity index (χ1) is 9.31. The van der Waals surface area contributed by atoms with E-state index >= 15 is 0 Å². The van der Waals surface area contributed by atoms with Gasteiger partial charge in [0.05, 0.1) is 5.92 Å². The number of halogens is 1. The number of carboxylic acids is 1. The fourth-order valence-corrected chi connectivity index (χ4v) is 2.12. The molecule has 0 spiro atoms. The molecular weight excluding hydrogens is 278 g/mol. The second kappa shape index (κ2) is 7.29. The predicted molar refractivity (Wildman–Crippen MR) is 78.9 cm³/mol. The standard InChI is InChI=1S/C15H20ClNO3/c1-9(2)7-13(15(19)20)17-14(18)10(3)11-5-4-6-12(16)8-11/h4-6,8-10,13H,7H2,1-3H3,(H,17,18)(H,19,20)/t10?,13-/m1/s1. The Hall–Kier alpha value is -1.55. The number of rotatable bonds is 6. The van der Waals surface area contributed by atoms with Crippen LogP contribution in [0.25, 0.3) is 0 Å². The third kappa shape index (κ3) is 4.85. The lowest BCUT2D eigenvalue weighted by molar-refractivity contribution is -0.142. The number of hydrogen-bond acceptors (Lipinski definition) is 2. The molecule has 0 heterocycles. The van der Waals surface area contributed by atoms with Gasteiger partial charge in [-0.25, -0.2) is 4.79 Å². The lowest BCUT2D eigenvalue weighted by Crippen LogP contribution is -2.43. The SMILES string of the molecule is CC(C)C[C@@H](NC(=O)C(C)c1cccc(Cl)c1)C(=O)O. The molecule has 0 aromatic heterocycles. The van der Waals surface area contributed by atoms with E-state index in [1.165, 1.54) is 0 Å². The van der Waals surface area contributed by atoms with Crippen molar-refractivity contribution in [2.75, 3.05) is 0 Å². The van der Waals surface area contributed by atoms with E-state index in [1.54, 1.807) is 31.2 Å². The number of carbonyl (C=O) groups excluding carboxylic acids is 1. The van der Waals surface area contributed by atoms with Gasteiger partial charge in [-0.2, -0.15) is 0 Å². The molecule has 1 aromatic carbocycles. The lowest BCUT2D eigenvalue weighted by atomic mass is 9.98. The molecule has 0 aliphatic heterocycles. The van der Waals surface area contributed by atoms with Crippen molar-refractivity contribution in [1.29, 1.82) is 0 Å². The Labute approximate surface area is 124 Å². The highest BCUT2D eigenvalue weighted by Crippen LogP contribution is 2.20. The van der Waals surface area contributed by atoms with E-state index in [0.717, 1.165) is 5.56 Å². The minimum atomic E-state index is -1.01. The minimum Gasteiger partial charge on any atom is -0.480 e. The molecule has 1 unspecified atom stereocenters. The zero-order chi connectivity index (χ0) is 15.3. The molecule has 0 saturated carbocycles. The minimum absolute atomic E-state index is 0.192. The summed E-state index contributed by atoms with van der Waals surface area (Å²) in [5, 5.41) is 12.3. The number of benzene rings is 1. The lowest BCUT2D eigenvalue weighted by Gasteiger charge is -2.19. The summed E-state index contributed by atoms with van der Waals surface area (Å²) in [7, 11) is 0. The molecule has 1 amide bonds. The van der Waals surface area contributed by atoms with E-state index in [0.29, 0.717) is 11.4 Å².